The van der Waals surface area contributed by atoms with Crippen LogP contribution in [0.5, 0.6) is 11.5 Å². The molecule has 1 aliphatic heterocycles. The molecule has 37 heavy (non-hydrogen) atoms. The quantitative estimate of drug-likeness (QED) is 0.439. The van der Waals surface area contributed by atoms with Gasteiger partial charge in [0.1, 0.15) is 0 Å². The number of carbonyl (C=O) groups excluding carboxylic acids is 2. The molecule has 192 valence electrons. The molecule has 1 aromatic heterocycles. The van der Waals surface area contributed by atoms with E-state index < -0.39 is 18.0 Å². The average molecular weight is 523 g/mol. The van der Waals surface area contributed by atoms with Crippen LogP contribution in [-0.2, 0) is 14.3 Å². The number of aromatic nitrogens is 1. The van der Waals surface area contributed by atoms with Crippen LogP contribution in [0.25, 0.3) is 6.08 Å². The molecule has 0 spiro atoms. The van der Waals surface area contributed by atoms with Gasteiger partial charge in [0, 0.05) is 0 Å². The number of nitrogens with zero attached hydrogens (tertiary/aromatic N) is 2. The van der Waals surface area contributed by atoms with Crippen molar-refractivity contribution in [2.45, 2.75) is 19.9 Å². The summed E-state index contributed by atoms with van der Waals surface area (Å²) in [6.07, 6.45) is 1.72. The molecule has 3 aromatic rings. The molecule has 1 aliphatic rings. The highest BCUT2D eigenvalue weighted by Crippen LogP contribution is 2.36. The number of hydrogen-bond acceptors (Lipinski definition) is 9. The Hall–Kier alpha value is -4.18. The molecule has 0 radical (unpaired) electrons. The van der Waals surface area contributed by atoms with Crippen molar-refractivity contribution in [1.29, 1.82) is 0 Å². The van der Waals surface area contributed by atoms with Crippen molar-refractivity contribution in [3.63, 3.8) is 0 Å². The zero-order valence-corrected chi connectivity index (χ0v) is 21.9. The molecular formula is C27H26N2O7S. The SMILES string of the molecule is CCOC(=O)C1=C(C)N=c2sc(=Cc3ccc(C(=O)OC)cc3)c(=O)n2C1c1ccc(OC)c(OC)c1. The van der Waals surface area contributed by atoms with Gasteiger partial charge in [-0.15, -0.1) is 0 Å². The number of ether oxygens (including phenoxy) is 4. The van der Waals surface area contributed by atoms with E-state index in [-0.39, 0.29) is 17.7 Å². The van der Waals surface area contributed by atoms with Crippen LogP contribution in [0, 0.1) is 0 Å². The van der Waals surface area contributed by atoms with Crippen molar-refractivity contribution in [1.82, 2.24) is 4.57 Å². The highest BCUT2D eigenvalue weighted by atomic mass is 32.1. The van der Waals surface area contributed by atoms with Crippen molar-refractivity contribution < 1.29 is 28.5 Å². The van der Waals surface area contributed by atoms with Crippen molar-refractivity contribution in [2.24, 2.45) is 4.99 Å². The summed E-state index contributed by atoms with van der Waals surface area (Å²) in [4.78, 5) is 43.5. The molecule has 4 rings (SSSR count). The Morgan fingerprint density at radius 2 is 1.73 bits per heavy atom. The maximum absolute atomic E-state index is 13.7. The van der Waals surface area contributed by atoms with Gasteiger partial charge in [-0.3, -0.25) is 9.36 Å². The zero-order chi connectivity index (χ0) is 26.7. The number of carbonyl (C=O) groups is 2. The summed E-state index contributed by atoms with van der Waals surface area (Å²) in [6.45, 7) is 3.63. The molecule has 10 heteroatoms. The lowest BCUT2D eigenvalue weighted by Crippen LogP contribution is -2.39. The molecule has 9 nitrogen and oxygen atoms in total. The standard InChI is InChI=1S/C27H26N2O7S/c1-6-36-26(32)22-15(2)28-27-29(23(22)18-11-12-19(33-3)20(14-18)34-4)24(30)21(37-27)13-16-7-9-17(10-8-16)25(31)35-5/h7-14,23H,6H2,1-5H3. The topological polar surface area (TPSA) is 105 Å². The van der Waals surface area contributed by atoms with Gasteiger partial charge in [0.2, 0.25) is 0 Å². The maximum atomic E-state index is 13.7. The van der Waals surface area contributed by atoms with Crippen LogP contribution in [0.4, 0.5) is 0 Å². The maximum Gasteiger partial charge on any atom is 0.338 e. The van der Waals surface area contributed by atoms with Gasteiger partial charge in [0.15, 0.2) is 16.3 Å². The smallest absolute Gasteiger partial charge is 0.338 e. The summed E-state index contributed by atoms with van der Waals surface area (Å²) >= 11 is 1.21. The van der Waals surface area contributed by atoms with Crippen molar-refractivity contribution >= 4 is 29.4 Å². The van der Waals surface area contributed by atoms with E-state index in [1.165, 1.54) is 37.2 Å². The summed E-state index contributed by atoms with van der Waals surface area (Å²) in [5.74, 6) is -0.00263. The number of benzene rings is 2. The third-order valence-corrected chi connectivity index (χ3v) is 6.85. The monoisotopic (exact) mass is 522 g/mol. The summed E-state index contributed by atoms with van der Waals surface area (Å²) in [7, 11) is 4.37. The second kappa shape index (κ2) is 10.8. The molecule has 0 saturated carbocycles. The fourth-order valence-corrected chi connectivity index (χ4v) is 5.16. The van der Waals surface area contributed by atoms with E-state index in [1.807, 2.05) is 0 Å². The molecule has 0 N–H and O–H groups in total. The predicted octanol–water partition coefficient (Wildman–Crippen LogP) is 2.60. The number of allylic oxidation sites excluding steroid dienone is 1. The number of hydrogen-bond donors (Lipinski definition) is 0. The van der Waals surface area contributed by atoms with Crippen LogP contribution in [0.15, 0.2) is 63.5 Å². The Labute approximate surface area is 216 Å². The van der Waals surface area contributed by atoms with Gasteiger partial charge in [0.25, 0.3) is 5.56 Å². The Balaban J connectivity index is 1.90. The minimum absolute atomic E-state index is 0.181. The Kier molecular flexibility index (Phi) is 7.58. The molecule has 0 aliphatic carbocycles. The average Bonchev–Trinajstić information content (AvgIpc) is 3.21. The third kappa shape index (κ3) is 4.92. The summed E-state index contributed by atoms with van der Waals surface area (Å²) in [6, 6.07) is 11.2. The van der Waals surface area contributed by atoms with Crippen LogP contribution in [-0.4, -0.2) is 44.4 Å². The van der Waals surface area contributed by atoms with Crippen LogP contribution >= 0.6 is 11.3 Å². The van der Waals surface area contributed by atoms with Crippen LogP contribution < -0.4 is 24.4 Å². The molecule has 0 saturated heterocycles. The summed E-state index contributed by atoms with van der Waals surface area (Å²) in [5.41, 5.74) is 2.20. The lowest BCUT2D eigenvalue weighted by Gasteiger charge is -2.25. The highest BCUT2D eigenvalue weighted by Gasteiger charge is 2.33. The van der Waals surface area contributed by atoms with Gasteiger partial charge >= 0.3 is 11.9 Å². The first-order valence-corrected chi connectivity index (χ1v) is 12.2. The minimum atomic E-state index is -0.779. The Morgan fingerprint density at radius 1 is 1.03 bits per heavy atom. The first kappa shape index (κ1) is 25.9. The van der Waals surface area contributed by atoms with Crippen LogP contribution in [0.3, 0.4) is 0 Å². The molecule has 1 atom stereocenters. The number of methoxy groups -OCH3 is 3. The molecule has 0 fully saturated rings. The first-order valence-electron chi connectivity index (χ1n) is 11.4. The van der Waals surface area contributed by atoms with Gasteiger partial charge in [-0.1, -0.05) is 29.5 Å². The molecule has 2 heterocycles. The van der Waals surface area contributed by atoms with E-state index >= 15 is 0 Å². The van der Waals surface area contributed by atoms with Gasteiger partial charge in [-0.25, -0.2) is 14.6 Å². The third-order valence-electron chi connectivity index (χ3n) is 5.87. The van der Waals surface area contributed by atoms with Crippen molar-refractivity contribution in [3.8, 4) is 11.5 Å². The van der Waals surface area contributed by atoms with E-state index in [0.29, 0.717) is 37.7 Å². The van der Waals surface area contributed by atoms with Gasteiger partial charge in [-0.2, -0.15) is 0 Å². The number of esters is 2. The Bertz CT molecular complexity index is 1570. The molecule has 1 unspecified atom stereocenters. The van der Waals surface area contributed by atoms with Gasteiger partial charge in [0.05, 0.1) is 55.3 Å². The fourth-order valence-electron chi connectivity index (χ4n) is 4.11. The predicted molar refractivity (Wildman–Crippen MR) is 138 cm³/mol. The first-order chi connectivity index (χ1) is 17.8. The number of rotatable bonds is 7. The normalized spacial score (nSPS) is 15.1. The van der Waals surface area contributed by atoms with E-state index in [1.54, 1.807) is 62.4 Å². The lowest BCUT2D eigenvalue weighted by molar-refractivity contribution is -0.139. The number of thiazole rings is 1. The van der Waals surface area contributed by atoms with Crippen LogP contribution in [0.2, 0.25) is 0 Å². The summed E-state index contributed by atoms with van der Waals surface area (Å²) < 4.78 is 22.8. The van der Waals surface area contributed by atoms with Crippen LogP contribution in [0.1, 0.15) is 41.4 Å². The second-order valence-electron chi connectivity index (χ2n) is 8.03. The molecule has 2 aromatic carbocycles. The minimum Gasteiger partial charge on any atom is -0.493 e. The largest absolute Gasteiger partial charge is 0.493 e. The van der Waals surface area contributed by atoms with Gasteiger partial charge in [-0.05, 0) is 55.3 Å². The number of fused-ring (bicyclic) bond motifs is 1. The van der Waals surface area contributed by atoms with E-state index in [9.17, 15) is 14.4 Å². The highest BCUT2D eigenvalue weighted by molar-refractivity contribution is 7.07. The van der Waals surface area contributed by atoms with Crippen molar-refractivity contribution in [3.05, 3.63) is 90.1 Å². The molecular weight excluding hydrogens is 496 g/mol. The fraction of sp³-hybridized carbons (Fsp3) is 0.259. The van der Waals surface area contributed by atoms with E-state index in [2.05, 4.69) is 4.99 Å². The van der Waals surface area contributed by atoms with E-state index in [4.69, 9.17) is 18.9 Å². The van der Waals surface area contributed by atoms with E-state index in [0.717, 1.165) is 5.56 Å². The lowest BCUT2D eigenvalue weighted by atomic mass is 9.95. The second-order valence-corrected chi connectivity index (χ2v) is 9.04. The summed E-state index contributed by atoms with van der Waals surface area (Å²) in [5, 5.41) is 0. The zero-order valence-electron chi connectivity index (χ0n) is 21.1. The Morgan fingerprint density at radius 3 is 2.35 bits per heavy atom. The molecule has 0 amide bonds. The van der Waals surface area contributed by atoms with Gasteiger partial charge < -0.3 is 18.9 Å². The molecule has 0 bridgehead atoms. The van der Waals surface area contributed by atoms with Crippen molar-refractivity contribution in [2.75, 3.05) is 27.9 Å².